The summed E-state index contributed by atoms with van der Waals surface area (Å²) in [5.74, 6) is -4.22. The standard InChI is InChI=1S/C27H21F3N4O2/c28-19-3-1-2-17(11-19)27(36)33-24-14-20(29)13-22(25(24)30)26(35)16-4-5-23-18(10-16)12-21(15-32-23)34-8-6-31-7-9-34/h1-5,10-15,31H,6-9H2,(H,33,36). The number of rotatable bonds is 5. The smallest absolute Gasteiger partial charge is 0.255 e. The van der Waals surface area contributed by atoms with Crippen molar-refractivity contribution in [2.24, 2.45) is 0 Å². The molecule has 1 amide bonds. The third kappa shape index (κ3) is 4.78. The first-order chi connectivity index (χ1) is 17.4. The van der Waals surface area contributed by atoms with Crippen LogP contribution in [0.3, 0.4) is 0 Å². The van der Waals surface area contributed by atoms with Crippen molar-refractivity contribution in [3.8, 4) is 0 Å². The van der Waals surface area contributed by atoms with Crippen LogP contribution in [-0.4, -0.2) is 42.9 Å². The number of hydrogen-bond acceptors (Lipinski definition) is 5. The molecule has 4 aromatic rings. The van der Waals surface area contributed by atoms with Crippen LogP contribution < -0.4 is 15.5 Å². The molecule has 2 heterocycles. The first kappa shape index (κ1) is 23.5. The van der Waals surface area contributed by atoms with Crippen molar-refractivity contribution >= 4 is 34.0 Å². The van der Waals surface area contributed by atoms with Crippen LogP contribution in [0.15, 0.2) is 66.9 Å². The molecule has 0 saturated carbocycles. The SMILES string of the molecule is O=C(Nc1cc(F)cc(C(=O)c2ccc3ncc(N4CCNCC4)cc3c2)c1F)c1cccc(F)c1. The monoisotopic (exact) mass is 490 g/mol. The predicted octanol–water partition coefficient (Wildman–Crippen LogP) is 4.55. The Labute approximate surface area is 204 Å². The predicted molar refractivity (Wildman–Crippen MR) is 131 cm³/mol. The van der Waals surface area contributed by atoms with Crippen molar-refractivity contribution in [1.29, 1.82) is 0 Å². The highest BCUT2D eigenvalue weighted by Crippen LogP contribution is 2.26. The molecule has 1 fully saturated rings. The van der Waals surface area contributed by atoms with E-state index in [1.165, 1.54) is 18.2 Å². The molecule has 36 heavy (non-hydrogen) atoms. The number of carbonyl (C=O) groups is 2. The summed E-state index contributed by atoms with van der Waals surface area (Å²) in [5, 5.41) is 6.20. The summed E-state index contributed by atoms with van der Waals surface area (Å²) in [4.78, 5) is 32.3. The number of aromatic nitrogens is 1. The summed E-state index contributed by atoms with van der Waals surface area (Å²) in [7, 11) is 0. The van der Waals surface area contributed by atoms with Crippen LogP contribution in [0.2, 0.25) is 0 Å². The largest absolute Gasteiger partial charge is 0.368 e. The van der Waals surface area contributed by atoms with Crippen LogP contribution in [0.4, 0.5) is 24.5 Å². The van der Waals surface area contributed by atoms with E-state index in [1.807, 2.05) is 6.07 Å². The molecule has 1 aromatic heterocycles. The second kappa shape index (κ2) is 9.79. The van der Waals surface area contributed by atoms with Crippen molar-refractivity contribution < 1.29 is 22.8 Å². The molecule has 9 heteroatoms. The summed E-state index contributed by atoms with van der Waals surface area (Å²) in [6.07, 6.45) is 1.77. The Kier molecular flexibility index (Phi) is 6.39. The molecule has 5 rings (SSSR count). The van der Waals surface area contributed by atoms with Crippen LogP contribution in [0.1, 0.15) is 26.3 Å². The van der Waals surface area contributed by atoms with Gasteiger partial charge in [0, 0.05) is 48.8 Å². The number of piperazine rings is 1. The van der Waals surface area contributed by atoms with Gasteiger partial charge in [-0.2, -0.15) is 0 Å². The maximum Gasteiger partial charge on any atom is 0.255 e. The molecule has 1 aliphatic rings. The maximum absolute atomic E-state index is 15.3. The lowest BCUT2D eigenvalue weighted by Crippen LogP contribution is -2.43. The van der Waals surface area contributed by atoms with Gasteiger partial charge < -0.3 is 15.5 Å². The summed E-state index contributed by atoms with van der Waals surface area (Å²) in [5.41, 5.74) is 0.592. The lowest BCUT2D eigenvalue weighted by Gasteiger charge is -2.29. The first-order valence-corrected chi connectivity index (χ1v) is 11.4. The van der Waals surface area contributed by atoms with E-state index in [1.54, 1.807) is 18.3 Å². The zero-order valence-corrected chi connectivity index (χ0v) is 19.0. The van der Waals surface area contributed by atoms with Crippen LogP contribution >= 0.6 is 0 Å². The Hall–Kier alpha value is -4.24. The lowest BCUT2D eigenvalue weighted by atomic mass is 10.00. The molecule has 182 valence electrons. The molecule has 0 unspecified atom stereocenters. The van der Waals surface area contributed by atoms with Crippen LogP contribution in [-0.2, 0) is 0 Å². The Bertz CT molecular complexity index is 1490. The first-order valence-electron chi connectivity index (χ1n) is 11.4. The number of carbonyl (C=O) groups excluding carboxylic acids is 2. The number of anilines is 2. The summed E-state index contributed by atoms with van der Waals surface area (Å²) in [6.45, 7) is 3.36. The molecule has 0 spiro atoms. The van der Waals surface area contributed by atoms with Gasteiger partial charge in [-0.15, -0.1) is 0 Å². The van der Waals surface area contributed by atoms with Gasteiger partial charge in [0.05, 0.1) is 28.7 Å². The minimum absolute atomic E-state index is 0.0751. The number of fused-ring (bicyclic) bond motifs is 1. The number of halogens is 3. The van der Waals surface area contributed by atoms with Crippen molar-refractivity contribution in [3.63, 3.8) is 0 Å². The van der Waals surface area contributed by atoms with E-state index in [9.17, 15) is 18.4 Å². The highest BCUT2D eigenvalue weighted by atomic mass is 19.1. The average molecular weight is 490 g/mol. The van der Waals surface area contributed by atoms with Crippen LogP contribution in [0.25, 0.3) is 10.9 Å². The quantitative estimate of drug-likeness (QED) is 0.402. The molecule has 0 bridgehead atoms. The summed E-state index contributed by atoms with van der Waals surface area (Å²) < 4.78 is 43.1. The fourth-order valence-electron chi connectivity index (χ4n) is 4.18. The molecule has 0 radical (unpaired) electrons. The van der Waals surface area contributed by atoms with Gasteiger partial charge in [-0.3, -0.25) is 14.6 Å². The second-order valence-electron chi connectivity index (χ2n) is 8.45. The van der Waals surface area contributed by atoms with E-state index in [-0.39, 0.29) is 11.1 Å². The highest BCUT2D eigenvalue weighted by Gasteiger charge is 2.21. The van der Waals surface area contributed by atoms with E-state index in [4.69, 9.17) is 0 Å². The number of pyridine rings is 1. The minimum Gasteiger partial charge on any atom is -0.368 e. The minimum atomic E-state index is -1.08. The van der Waals surface area contributed by atoms with Gasteiger partial charge in [-0.25, -0.2) is 13.2 Å². The van der Waals surface area contributed by atoms with E-state index < -0.39 is 40.4 Å². The van der Waals surface area contributed by atoms with Crippen LogP contribution in [0, 0.1) is 17.5 Å². The van der Waals surface area contributed by atoms with Crippen molar-refractivity contribution in [1.82, 2.24) is 10.3 Å². The Morgan fingerprint density at radius 3 is 2.47 bits per heavy atom. The number of hydrogen-bond donors (Lipinski definition) is 2. The number of amides is 1. The Balaban J connectivity index is 1.45. The summed E-state index contributed by atoms with van der Waals surface area (Å²) >= 11 is 0. The molecule has 1 saturated heterocycles. The van der Waals surface area contributed by atoms with E-state index in [0.717, 1.165) is 56.1 Å². The lowest BCUT2D eigenvalue weighted by molar-refractivity contribution is 0.101. The van der Waals surface area contributed by atoms with Gasteiger partial charge in [-0.1, -0.05) is 6.07 Å². The van der Waals surface area contributed by atoms with E-state index in [0.29, 0.717) is 10.9 Å². The van der Waals surface area contributed by atoms with Gasteiger partial charge >= 0.3 is 0 Å². The van der Waals surface area contributed by atoms with Crippen molar-refractivity contribution in [2.45, 2.75) is 0 Å². The fourth-order valence-corrected chi connectivity index (χ4v) is 4.18. The van der Waals surface area contributed by atoms with Gasteiger partial charge in [0.15, 0.2) is 11.6 Å². The van der Waals surface area contributed by atoms with Crippen molar-refractivity contribution in [3.05, 3.63) is 101 Å². The molecule has 2 N–H and O–H groups in total. The molecule has 1 aliphatic heterocycles. The fraction of sp³-hybridized carbons (Fsp3) is 0.148. The Morgan fingerprint density at radius 1 is 0.889 bits per heavy atom. The van der Waals surface area contributed by atoms with E-state index >= 15 is 4.39 Å². The Morgan fingerprint density at radius 2 is 1.69 bits per heavy atom. The van der Waals surface area contributed by atoms with Gasteiger partial charge in [0.1, 0.15) is 11.6 Å². The number of benzene rings is 3. The van der Waals surface area contributed by atoms with Crippen molar-refractivity contribution in [2.75, 3.05) is 36.4 Å². The molecule has 3 aromatic carbocycles. The normalized spacial score (nSPS) is 13.6. The molecule has 6 nitrogen and oxygen atoms in total. The third-order valence-corrected chi connectivity index (χ3v) is 6.03. The molecular weight excluding hydrogens is 469 g/mol. The third-order valence-electron chi connectivity index (χ3n) is 6.03. The molecule has 0 atom stereocenters. The topological polar surface area (TPSA) is 74.3 Å². The maximum atomic E-state index is 15.3. The van der Waals surface area contributed by atoms with Gasteiger partial charge in [0.25, 0.3) is 5.91 Å². The van der Waals surface area contributed by atoms with Gasteiger partial charge in [-0.05, 0) is 48.5 Å². The van der Waals surface area contributed by atoms with Crippen LogP contribution in [0.5, 0.6) is 0 Å². The summed E-state index contributed by atoms with van der Waals surface area (Å²) in [6, 6.07) is 13.0. The molecule has 0 aliphatic carbocycles. The number of nitrogens with one attached hydrogen (secondary N) is 2. The van der Waals surface area contributed by atoms with Gasteiger partial charge in [0.2, 0.25) is 0 Å². The zero-order chi connectivity index (χ0) is 25.2. The zero-order valence-electron chi connectivity index (χ0n) is 19.0. The average Bonchev–Trinajstić information content (AvgIpc) is 2.90. The van der Waals surface area contributed by atoms with E-state index in [2.05, 4.69) is 20.5 Å². The highest BCUT2D eigenvalue weighted by molar-refractivity contribution is 6.12. The second-order valence-corrected chi connectivity index (χ2v) is 8.45. The number of ketones is 1. The number of nitrogens with zero attached hydrogens (tertiary/aromatic N) is 2. The molecular formula is C27H21F3N4O2.